The highest BCUT2D eigenvalue weighted by atomic mass is 16.5. The number of ether oxygens (including phenoxy) is 2. The Morgan fingerprint density at radius 1 is 0.935 bits per heavy atom. The molecule has 0 aromatic heterocycles. The van der Waals surface area contributed by atoms with Gasteiger partial charge in [-0.1, -0.05) is 56.3 Å². The van der Waals surface area contributed by atoms with E-state index < -0.39 is 0 Å². The van der Waals surface area contributed by atoms with Gasteiger partial charge in [0.1, 0.15) is 18.1 Å². The van der Waals surface area contributed by atoms with Gasteiger partial charge in [-0.25, -0.2) is 0 Å². The number of benzene rings is 3. The fraction of sp³-hybridized carbons (Fsp3) is 0.296. The van der Waals surface area contributed by atoms with Gasteiger partial charge in [-0.15, -0.1) is 0 Å². The van der Waals surface area contributed by atoms with Gasteiger partial charge in [-0.05, 0) is 53.3 Å². The molecule has 0 saturated heterocycles. The molecule has 0 saturated carbocycles. The summed E-state index contributed by atoms with van der Waals surface area (Å²) in [5.74, 6) is 2.24. The van der Waals surface area contributed by atoms with Crippen molar-refractivity contribution in [2.45, 2.75) is 26.9 Å². The highest BCUT2D eigenvalue weighted by Crippen LogP contribution is 2.35. The van der Waals surface area contributed by atoms with Crippen LogP contribution in [-0.4, -0.2) is 32.0 Å². The largest absolute Gasteiger partial charge is 0.497 e. The van der Waals surface area contributed by atoms with Crippen LogP contribution in [-0.2, 0) is 13.0 Å². The van der Waals surface area contributed by atoms with Gasteiger partial charge in [0.05, 0.1) is 7.11 Å². The number of nitrogens with zero attached hydrogens (tertiary/aromatic N) is 1. The monoisotopic (exact) mass is 417 g/mol. The molecule has 0 bridgehead atoms. The summed E-state index contributed by atoms with van der Waals surface area (Å²) in [7, 11) is 5.19. The molecule has 4 heteroatoms. The summed E-state index contributed by atoms with van der Waals surface area (Å²) in [5, 5.41) is 0. The van der Waals surface area contributed by atoms with Crippen LogP contribution in [0.2, 0.25) is 0 Å². The zero-order chi connectivity index (χ0) is 22.4. The summed E-state index contributed by atoms with van der Waals surface area (Å²) in [6.45, 7) is 4.90. The molecule has 3 rings (SSSR count). The Balaban J connectivity index is 1.92. The van der Waals surface area contributed by atoms with Gasteiger partial charge in [0.15, 0.2) is 0 Å². The van der Waals surface area contributed by atoms with E-state index in [2.05, 4.69) is 32.0 Å². The number of para-hydroxylation sites is 1. The Bertz CT molecular complexity index is 1010. The van der Waals surface area contributed by atoms with Gasteiger partial charge in [-0.2, -0.15) is 0 Å². The molecule has 31 heavy (non-hydrogen) atoms. The summed E-state index contributed by atoms with van der Waals surface area (Å²) in [6.07, 6.45) is 0.934. The van der Waals surface area contributed by atoms with Crippen LogP contribution in [0, 0.1) is 5.92 Å². The molecule has 162 valence electrons. The van der Waals surface area contributed by atoms with Gasteiger partial charge in [0, 0.05) is 25.2 Å². The zero-order valence-corrected chi connectivity index (χ0v) is 19.0. The van der Waals surface area contributed by atoms with E-state index in [0.717, 1.165) is 34.6 Å². The third kappa shape index (κ3) is 5.66. The molecule has 0 heterocycles. The minimum Gasteiger partial charge on any atom is -0.497 e. The maximum Gasteiger partial charge on any atom is 0.253 e. The number of rotatable bonds is 8. The molecule has 3 aromatic carbocycles. The quantitative estimate of drug-likeness (QED) is 0.462. The van der Waals surface area contributed by atoms with E-state index in [1.54, 1.807) is 26.1 Å². The lowest BCUT2D eigenvalue weighted by atomic mass is 9.95. The van der Waals surface area contributed by atoms with E-state index in [4.69, 9.17) is 9.47 Å². The van der Waals surface area contributed by atoms with Crippen LogP contribution < -0.4 is 9.47 Å². The van der Waals surface area contributed by atoms with Crippen molar-refractivity contribution in [2.75, 3.05) is 21.2 Å². The van der Waals surface area contributed by atoms with Gasteiger partial charge < -0.3 is 14.4 Å². The van der Waals surface area contributed by atoms with Crippen molar-refractivity contribution in [2.24, 2.45) is 5.92 Å². The van der Waals surface area contributed by atoms with Crippen molar-refractivity contribution in [1.82, 2.24) is 4.90 Å². The molecule has 3 aromatic rings. The SMILES string of the molecule is COc1ccc(COc2c(CC(C)C)cccc2-c2ccc(C(=O)N(C)C)cc2)cc1. The second kappa shape index (κ2) is 10.2. The maximum absolute atomic E-state index is 12.2. The first-order valence-electron chi connectivity index (χ1n) is 10.6. The summed E-state index contributed by atoms with van der Waals surface area (Å²) < 4.78 is 11.6. The Labute approximate surface area is 185 Å². The topological polar surface area (TPSA) is 38.8 Å². The second-order valence-electron chi connectivity index (χ2n) is 8.31. The van der Waals surface area contributed by atoms with Crippen molar-refractivity contribution in [3.05, 3.63) is 83.4 Å². The molecule has 0 aliphatic heterocycles. The van der Waals surface area contributed by atoms with Crippen LogP contribution in [0.5, 0.6) is 11.5 Å². The minimum absolute atomic E-state index is 0.00362. The lowest BCUT2D eigenvalue weighted by Gasteiger charge is -2.18. The fourth-order valence-corrected chi connectivity index (χ4v) is 3.51. The summed E-state index contributed by atoms with van der Waals surface area (Å²) in [6, 6.07) is 22.0. The molecule has 1 amide bonds. The molecule has 0 N–H and O–H groups in total. The summed E-state index contributed by atoms with van der Waals surface area (Å²) in [4.78, 5) is 13.8. The van der Waals surface area contributed by atoms with Crippen LogP contribution in [0.15, 0.2) is 66.7 Å². The average molecular weight is 418 g/mol. The van der Waals surface area contributed by atoms with E-state index in [0.29, 0.717) is 18.1 Å². The molecule has 0 aliphatic carbocycles. The van der Waals surface area contributed by atoms with Crippen molar-refractivity contribution >= 4 is 5.91 Å². The van der Waals surface area contributed by atoms with Crippen molar-refractivity contribution in [3.8, 4) is 22.6 Å². The first-order chi connectivity index (χ1) is 14.9. The Kier molecular flexibility index (Phi) is 7.35. The number of amides is 1. The van der Waals surface area contributed by atoms with Crippen molar-refractivity contribution in [3.63, 3.8) is 0 Å². The predicted octanol–water partition coefficient (Wildman–Crippen LogP) is 5.84. The van der Waals surface area contributed by atoms with Gasteiger partial charge >= 0.3 is 0 Å². The lowest BCUT2D eigenvalue weighted by Crippen LogP contribution is -2.21. The van der Waals surface area contributed by atoms with E-state index in [9.17, 15) is 4.79 Å². The summed E-state index contributed by atoms with van der Waals surface area (Å²) in [5.41, 5.74) is 5.02. The molecule has 0 aliphatic rings. The third-order valence-corrected chi connectivity index (χ3v) is 5.12. The Morgan fingerprint density at radius 2 is 1.61 bits per heavy atom. The van der Waals surface area contributed by atoms with E-state index in [1.807, 2.05) is 48.5 Å². The van der Waals surface area contributed by atoms with Crippen molar-refractivity contribution < 1.29 is 14.3 Å². The van der Waals surface area contributed by atoms with Crippen LogP contribution in [0.1, 0.15) is 35.3 Å². The van der Waals surface area contributed by atoms with Crippen LogP contribution in [0.25, 0.3) is 11.1 Å². The van der Waals surface area contributed by atoms with E-state index in [-0.39, 0.29) is 5.91 Å². The maximum atomic E-state index is 12.2. The van der Waals surface area contributed by atoms with E-state index in [1.165, 1.54) is 5.56 Å². The highest BCUT2D eigenvalue weighted by Gasteiger charge is 2.15. The van der Waals surface area contributed by atoms with Crippen LogP contribution in [0.4, 0.5) is 0 Å². The smallest absolute Gasteiger partial charge is 0.253 e. The lowest BCUT2D eigenvalue weighted by molar-refractivity contribution is 0.0827. The molecular weight excluding hydrogens is 386 g/mol. The fourth-order valence-electron chi connectivity index (χ4n) is 3.51. The van der Waals surface area contributed by atoms with E-state index >= 15 is 0 Å². The predicted molar refractivity (Wildman–Crippen MR) is 126 cm³/mol. The van der Waals surface area contributed by atoms with Gasteiger partial charge in [0.25, 0.3) is 5.91 Å². The first kappa shape index (κ1) is 22.4. The third-order valence-electron chi connectivity index (χ3n) is 5.12. The van der Waals surface area contributed by atoms with Crippen LogP contribution in [0.3, 0.4) is 0 Å². The number of carbonyl (C=O) groups is 1. The Morgan fingerprint density at radius 3 is 2.19 bits per heavy atom. The molecule has 0 unspecified atom stereocenters. The minimum atomic E-state index is -0.00362. The zero-order valence-electron chi connectivity index (χ0n) is 19.0. The average Bonchev–Trinajstić information content (AvgIpc) is 2.77. The molecule has 4 nitrogen and oxygen atoms in total. The van der Waals surface area contributed by atoms with Crippen molar-refractivity contribution in [1.29, 1.82) is 0 Å². The normalized spacial score (nSPS) is 10.8. The molecular formula is C27H31NO3. The molecule has 0 radical (unpaired) electrons. The Hall–Kier alpha value is -3.27. The number of hydrogen-bond acceptors (Lipinski definition) is 3. The highest BCUT2D eigenvalue weighted by molar-refractivity contribution is 5.94. The molecule has 0 spiro atoms. The molecule has 0 fully saturated rings. The number of methoxy groups -OCH3 is 1. The van der Waals surface area contributed by atoms with Gasteiger partial charge in [-0.3, -0.25) is 4.79 Å². The second-order valence-corrected chi connectivity index (χ2v) is 8.31. The summed E-state index contributed by atoms with van der Waals surface area (Å²) >= 11 is 0. The number of hydrogen-bond donors (Lipinski definition) is 0. The number of carbonyl (C=O) groups excluding carboxylic acids is 1. The standard InChI is InChI=1S/C27H31NO3/c1-19(2)17-23-7-6-8-25(21-11-13-22(14-12-21)27(29)28(3)4)26(23)31-18-20-9-15-24(30-5)16-10-20/h6-16,19H,17-18H2,1-5H3. The molecule has 0 atom stereocenters. The van der Waals surface area contributed by atoms with Gasteiger partial charge in [0.2, 0.25) is 0 Å². The first-order valence-corrected chi connectivity index (χ1v) is 10.6. The van der Waals surface area contributed by atoms with Crippen LogP contribution >= 0.6 is 0 Å².